The fraction of sp³-hybridized carbons (Fsp3) is 0.250. The Hall–Kier alpha value is -2.01. The van der Waals surface area contributed by atoms with E-state index in [4.69, 9.17) is 14.2 Å². The van der Waals surface area contributed by atoms with Crippen molar-refractivity contribution in [3.8, 4) is 5.75 Å². The van der Waals surface area contributed by atoms with Crippen molar-refractivity contribution in [1.29, 1.82) is 0 Å². The molecule has 1 N–H and O–H groups in total. The van der Waals surface area contributed by atoms with Crippen molar-refractivity contribution in [3.63, 3.8) is 0 Å². The van der Waals surface area contributed by atoms with Gasteiger partial charge in [-0.05, 0) is 12.1 Å². The molecule has 0 bridgehead atoms. The number of nitrogens with zero attached hydrogens (tertiary/aromatic N) is 1. The molecule has 1 radical (unpaired) electrons. The Bertz CT molecular complexity index is 429. The minimum Gasteiger partial charge on any atom is -0.481 e. The highest BCUT2D eigenvalue weighted by Gasteiger charge is 2.17. The van der Waals surface area contributed by atoms with Gasteiger partial charge in [0.25, 0.3) is 0 Å². The van der Waals surface area contributed by atoms with Crippen molar-refractivity contribution >= 4 is 6.02 Å². The molecule has 0 saturated heterocycles. The second-order valence-corrected chi connectivity index (χ2v) is 3.25. The van der Waals surface area contributed by atoms with Crippen LogP contribution in [0.3, 0.4) is 0 Å². The topological polar surface area (TPSA) is 52.1 Å². The Labute approximate surface area is 99.7 Å². The minimum atomic E-state index is -0.429. The molecule has 17 heavy (non-hydrogen) atoms. The van der Waals surface area contributed by atoms with Crippen molar-refractivity contribution < 1.29 is 14.2 Å². The van der Waals surface area contributed by atoms with E-state index in [0.717, 1.165) is 0 Å². The number of amidine groups is 1. The summed E-state index contributed by atoms with van der Waals surface area (Å²) in [6.07, 6.45) is 2.43. The molecule has 1 aliphatic rings. The van der Waals surface area contributed by atoms with Crippen molar-refractivity contribution in [3.05, 3.63) is 42.3 Å². The predicted octanol–water partition coefficient (Wildman–Crippen LogP) is 1.29. The number of methoxy groups -OCH3 is 2. The third-order valence-electron chi connectivity index (χ3n) is 2.10. The molecule has 0 aliphatic carbocycles. The van der Waals surface area contributed by atoms with Crippen LogP contribution in [0.25, 0.3) is 0 Å². The Kier molecular flexibility index (Phi) is 3.62. The Morgan fingerprint density at radius 1 is 1.24 bits per heavy atom. The highest BCUT2D eigenvalue weighted by molar-refractivity contribution is 5.78. The van der Waals surface area contributed by atoms with Gasteiger partial charge in [-0.15, -0.1) is 0 Å². The van der Waals surface area contributed by atoms with Gasteiger partial charge in [0.1, 0.15) is 5.75 Å². The molecule has 2 rings (SSSR count). The summed E-state index contributed by atoms with van der Waals surface area (Å²) in [5.41, 5.74) is 0. The molecule has 0 amide bonds. The molecule has 0 aromatic heterocycles. The molecular formula is C12H13N2O3. The lowest BCUT2D eigenvalue weighted by Crippen LogP contribution is -2.41. The fourth-order valence-corrected chi connectivity index (χ4v) is 1.29. The van der Waals surface area contributed by atoms with E-state index < -0.39 is 6.23 Å². The third-order valence-corrected chi connectivity index (χ3v) is 2.10. The molecule has 0 saturated carbocycles. The SMILES string of the molecule is COC1=[C]C(OC)NC(Oc2ccccc2)=N1. The molecule has 89 valence electrons. The Balaban J connectivity index is 2.11. The van der Waals surface area contributed by atoms with Gasteiger partial charge in [-0.2, -0.15) is 4.99 Å². The van der Waals surface area contributed by atoms with Crippen LogP contribution in [0, 0.1) is 6.08 Å². The van der Waals surface area contributed by atoms with Crippen LogP contribution in [-0.2, 0) is 9.47 Å². The lowest BCUT2D eigenvalue weighted by molar-refractivity contribution is 0.109. The van der Waals surface area contributed by atoms with Gasteiger partial charge in [0, 0.05) is 7.11 Å². The van der Waals surface area contributed by atoms with Crippen molar-refractivity contribution in [2.45, 2.75) is 6.23 Å². The smallest absolute Gasteiger partial charge is 0.300 e. The molecule has 0 spiro atoms. The third kappa shape index (κ3) is 2.98. The summed E-state index contributed by atoms with van der Waals surface area (Å²) in [4.78, 5) is 4.08. The molecule has 1 aromatic rings. The zero-order valence-corrected chi connectivity index (χ0v) is 9.64. The van der Waals surface area contributed by atoms with Crippen LogP contribution in [0.1, 0.15) is 0 Å². The van der Waals surface area contributed by atoms with Gasteiger partial charge in [0.05, 0.1) is 13.2 Å². The van der Waals surface area contributed by atoms with Crippen LogP contribution in [-0.4, -0.2) is 26.5 Å². The van der Waals surface area contributed by atoms with E-state index in [1.54, 1.807) is 7.11 Å². The van der Waals surface area contributed by atoms with Gasteiger partial charge in [0.2, 0.25) is 5.88 Å². The average molecular weight is 233 g/mol. The number of nitrogens with one attached hydrogen (secondary N) is 1. The quantitative estimate of drug-likeness (QED) is 0.854. The molecule has 1 heterocycles. The van der Waals surface area contributed by atoms with Crippen molar-refractivity contribution in [1.82, 2.24) is 5.32 Å². The van der Waals surface area contributed by atoms with Crippen molar-refractivity contribution in [2.24, 2.45) is 4.99 Å². The van der Waals surface area contributed by atoms with Gasteiger partial charge < -0.3 is 19.5 Å². The molecule has 5 nitrogen and oxygen atoms in total. The number of rotatable bonds is 3. The second-order valence-electron chi connectivity index (χ2n) is 3.25. The summed E-state index contributed by atoms with van der Waals surface area (Å²) in [6, 6.07) is 9.66. The maximum Gasteiger partial charge on any atom is 0.300 e. The number of aliphatic imine (C=N–C) groups is 1. The normalized spacial score (nSPS) is 18.8. The van der Waals surface area contributed by atoms with Crippen LogP contribution in [0.15, 0.2) is 41.2 Å². The summed E-state index contributed by atoms with van der Waals surface area (Å²) in [7, 11) is 3.08. The van der Waals surface area contributed by atoms with Gasteiger partial charge in [-0.3, -0.25) is 0 Å². The van der Waals surface area contributed by atoms with Crippen LogP contribution in [0.5, 0.6) is 5.75 Å². The molecule has 1 unspecified atom stereocenters. The molecule has 1 aromatic carbocycles. The number of benzene rings is 1. The molecule has 1 atom stereocenters. The first-order valence-corrected chi connectivity index (χ1v) is 5.10. The van der Waals surface area contributed by atoms with Gasteiger partial charge >= 0.3 is 6.02 Å². The molecule has 5 heteroatoms. The first-order valence-electron chi connectivity index (χ1n) is 5.10. The summed E-state index contributed by atoms with van der Waals surface area (Å²) in [6.45, 7) is 0. The van der Waals surface area contributed by atoms with Crippen LogP contribution in [0.4, 0.5) is 0 Å². The number of hydrogen-bond acceptors (Lipinski definition) is 5. The van der Waals surface area contributed by atoms with Gasteiger partial charge in [0.15, 0.2) is 6.23 Å². The van der Waals surface area contributed by atoms with Crippen LogP contribution < -0.4 is 10.1 Å². The lowest BCUT2D eigenvalue weighted by atomic mass is 10.3. The van der Waals surface area contributed by atoms with Gasteiger partial charge in [-0.25, -0.2) is 0 Å². The predicted molar refractivity (Wildman–Crippen MR) is 62.2 cm³/mol. The first kappa shape index (κ1) is 11.5. The van der Waals surface area contributed by atoms with Gasteiger partial charge in [-0.1, -0.05) is 18.2 Å². The highest BCUT2D eigenvalue weighted by Crippen LogP contribution is 2.12. The number of hydrogen-bond donors (Lipinski definition) is 1. The summed E-state index contributed by atoms with van der Waals surface area (Å²) >= 11 is 0. The zero-order valence-electron chi connectivity index (χ0n) is 9.64. The minimum absolute atomic E-state index is 0.318. The van der Waals surface area contributed by atoms with Crippen LogP contribution in [0.2, 0.25) is 0 Å². The largest absolute Gasteiger partial charge is 0.481 e. The van der Waals surface area contributed by atoms with E-state index in [1.807, 2.05) is 30.3 Å². The maximum absolute atomic E-state index is 5.54. The average Bonchev–Trinajstić information content (AvgIpc) is 2.39. The van der Waals surface area contributed by atoms with E-state index in [-0.39, 0.29) is 0 Å². The van der Waals surface area contributed by atoms with E-state index in [2.05, 4.69) is 16.4 Å². The van der Waals surface area contributed by atoms with Crippen LogP contribution >= 0.6 is 0 Å². The van der Waals surface area contributed by atoms with E-state index in [9.17, 15) is 0 Å². The number of para-hydroxylation sites is 1. The maximum atomic E-state index is 5.54. The summed E-state index contributed by atoms with van der Waals surface area (Å²) < 4.78 is 15.7. The first-order chi connectivity index (χ1) is 8.31. The molecule has 0 fully saturated rings. The van der Waals surface area contributed by atoms with E-state index in [1.165, 1.54) is 7.11 Å². The molecule has 1 aliphatic heterocycles. The summed E-state index contributed by atoms with van der Waals surface area (Å²) in [5.74, 6) is 1.02. The van der Waals surface area contributed by atoms with Crippen molar-refractivity contribution in [2.75, 3.05) is 14.2 Å². The Morgan fingerprint density at radius 3 is 2.65 bits per heavy atom. The Morgan fingerprint density at radius 2 is 2.00 bits per heavy atom. The second kappa shape index (κ2) is 5.36. The number of ether oxygens (including phenoxy) is 3. The summed E-state index contributed by atoms with van der Waals surface area (Å²) in [5, 5.41) is 2.91. The molecular weight excluding hydrogens is 220 g/mol. The lowest BCUT2D eigenvalue weighted by Gasteiger charge is -2.20. The fourth-order valence-electron chi connectivity index (χ4n) is 1.29. The van der Waals surface area contributed by atoms with E-state index in [0.29, 0.717) is 17.7 Å². The monoisotopic (exact) mass is 233 g/mol. The zero-order chi connectivity index (χ0) is 12.1. The van der Waals surface area contributed by atoms with E-state index >= 15 is 0 Å². The standard InChI is InChI=1S/C12H13N2O3/c1-15-10-8-11(16-2)14-12(13-10)17-9-6-4-3-5-7-9/h3-7,10H,1-2H3,(H,13,14). The highest BCUT2D eigenvalue weighted by atomic mass is 16.5.